The van der Waals surface area contributed by atoms with Gasteiger partial charge in [-0.2, -0.15) is 0 Å². The van der Waals surface area contributed by atoms with Gasteiger partial charge in [0, 0.05) is 24.7 Å². The fraction of sp³-hybridized carbons (Fsp3) is 0.667. The summed E-state index contributed by atoms with van der Waals surface area (Å²) in [6, 6.07) is 0. The summed E-state index contributed by atoms with van der Waals surface area (Å²) >= 11 is 0. The van der Waals surface area contributed by atoms with Gasteiger partial charge in [0.2, 0.25) is 0 Å². The van der Waals surface area contributed by atoms with Gasteiger partial charge in [-0.25, -0.2) is 0 Å². The van der Waals surface area contributed by atoms with Crippen molar-refractivity contribution in [3.8, 4) is 0 Å². The number of carbonyl (C=O) groups excluding carboxylic acids is 2. The summed E-state index contributed by atoms with van der Waals surface area (Å²) in [5, 5.41) is 10.1. The largest absolute Gasteiger partial charge is 1.00 e. The molecule has 0 spiro atoms. The third kappa shape index (κ3) is 2.16. The monoisotopic (exact) mass is 134 g/mol. The Kier molecular flexibility index (Phi) is 3.70. The van der Waals surface area contributed by atoms with Gasteiger partial charge in [0.1, 0.15) is 5.78 Å². The predicted octanol–water partition coefficient (Wildman–Crippen LogP) is -3.89. The van der Waals surface area contributed by atoms with Crippen molar-refractivity contribution < 1.29 is 33.6 Å². The first-order valence-electron chi connectivity index (χ1n) is 2.92. The molecule has 0 bridgehead atoms. The number of aliphatic carboxylic acids is 1. The Bertz CT molecular complexity index is 155. The molecule has 1 atom stereocenters. The number of carbonyl (C=O) groups is 2. The molecule has 0 heterocycles. The fourth-order valence-electron chi connectivity index (χ4n) is 1.02. The zero-order valence-corrected chi connectivity index (χ0v) is 5.92. The van der Waals surface area contributed by atoms with Gasteiger partial charge in [0.15, 0.2) is 0 Å². The van der Waals surface area contributed by atoms with Crippen LogP contribution in [0.2, 0.25) is 0 Å². The summed E-state index contributed by atoms with van der Waals surface area (Å²) in [5.74, 6) is -1.54. The number of hydrogen-bond donors (Lipinski definition) is 0. The van der Waals surface area contributed by atoms with Crippen LogP contribution in [0.4, 0.5) is 0 Å². The van der Waals surface area contributed by atoms with Crippen LogP contribution in [0.15, 0.2) is 0 Å². The van der Waals surface area contributed by atoms with Gasteiger partial charge in [-0.1, -0.05) is 0 Å². The van der Waals surface area contributed by atoms with Crippen LogP contribution in [-0.4, -0.2) is 11.8 Å². The van der Waals surface area contributed by atoms with Crippen LogP contribution in [0.5, 0.6) is 0 Å². The van der Waals surface area contributed by atoms with Gasteiger partial charge in [-0.15, -0.1) is 0 Å². The van der Waals surface area contributed by atoms with Crippen LogP contribution in [0.1, 0.15) is 19.3 Å². The predicted molar refractivity (Wildman–Crippen MR) is 27.4 cm³/mol. The Balaban J connectivity index is 0.000000810. The minimum Gasteiger partial charge on any atom is -0.550 e. The second-order valence-electron chi connectivity index (χ2n) is 2.30. The van der Waals surface area contributed by atoms with Gasteiger partial charge >= 0.3 is 18.9 Å². The molecule has 0 aromatic carbocycles. The maximum absolute atomic E-state index is 10.5. The van der Waals surface area contributed by atoms with Crippen LogP contribution in [0.3, 0.4) is 0 Å². The molecule has 0 radical (unpaired) electrons. The molecule has 0 amide bonds. The molecule has 0 aromatic rings. The number of ketones is 1. The van der Waals surface area contributed by atoms with E-state index in [9.17, 15) is 14.7 Å². The van der Waals surface area contributed by atoms with Crippen LogP contribution in [-0.2, 0) is 9.59 Å². The van der Waals surface area contributed by atoms with Crippen molar-refractivity contribution in [2.75, 3.05) is 0 Å². The molecular formula is C6H7LiO3. The molecule has 1 aliphatic rings. The van der Waals surface area contributed by atoms with E-state index in [1.165, 1.54) is 0 Å². The van der Waals surface area contributed by atoms with E-state index in [0.29, 0.717) is 12.8 Å². The molecule has 1 aliphatic carbocycles. The SMILES string of the molecule is O=C1CCC(C(=O)[O-])C1.[Li+]. The van der Waals surface area contributed by atoms with E-state index in [0.717, 1.165) is 0 Å². The summed E-state index contributed by atoms with van der Waals surface area (Å²) < 4.78 is 0. The van der Waals surface area contributed by atoms with E-state index in [-0.39, 0.29) is 31.1 Å². The van der Waals surface area contributed by atoms with Crippen molar-refractivity contribution in [3.05, 3.63) is 0 Å². The average molecular weight is 134 g/mol. The Morgan fingerprint density at radius 1 is 1.60 bits per heavy atom. The molecule has 50 valence electrons. The fourth-order valence-corrected chi connectivity index (χ4v) is 1.02. The van der Waals surface area contributed by atoms with Gasteiger partial charge < -0.3 is 9.90 Å². The molecule has 0 aliphatic heterocycles. The van der Waals surface area contributed by atoms with E-state index in [1.54, 1.807) is 0 Å². The number of hydrogen-bond acceptors (Lipinski definition) is 3. The minimum absolute atomic E-state index is 0. The molecule has 0 saturated heterocycles. The van der Waals surface area contributed by atoms with Crippen LogP contribution in [0.25, 0.3) is 0 Å². The molecule has 3 nitrogen and oxygen atoms in total. The average Bonchev–Trinajstić information content (AvgIpc) is 2.14. The molecule has 0 N–H and O–H groups in total. The van der Waals surface area contributed by atoms with Crippen molar-refractivity contribution in [2.45, 2.75) is 19.3 Å². The molecule has 1 rings (SSSR count). The van der Waals surface area contributed by atoms with E-state index in [2.05, 4.69) is 0 Å². The van der Waals surface area contributed by atoms with Crippen molar-refractivity contribution in [1.29, 1.82) is 0 Å². The number of carboxylic acids is 1. The zero-order valence-electron chi connectivity index (χ0n) is 5.92. The van der Waals surface area contributed by atoms with Crippen molar-refractivity contribution in [3.63, 3.8) is 0 Å². The van der Waals surface area contributed by atoms with Crippen molar-refractivity contribution in [2.24, 2.45) is 5.92 Å². The maximum atomic E-state index is 10.5. The van der Waals surface area contributed by atoms with Gasteiger partial charge in [-0.3, -0.25) is 4.79 Å². The number of carboxylic acid groups (broad SMARTS) is 1. The van der Waals surface area contributed by atoms with E-state index >= 15 is 0 Å². The normalized spacial score (nSPS) is 24.0. The van der Waals surface area contributed by atoms with Crippen LogP contribution in [0, 0.1) is 5.92 Å². The number of rotatable bonds is 1. The van der Waals surface area contributed by atoms with Gasteiger partial charge in [-0.05, 0) is 6.42 Å². The third-order valence-corrected chi connectivity index (χ3v) is 1.58. The van der Waals surface area contributed by atoms with Crippen LogP contribution >= 0.6 is 0 Å². The summed E-state index contributed by atoms with van der Waals surface area (Å²) in [6.07, 6.45) is 1.07. The first-order chi connectivity index (χ1) is 4.20. The number of Topliss-reactive ketones (excluding diaryl/α,β-unsaturated/α-hetero) is 1. The smallest absolute Gasteiger partial charge is 0.550 e. The minimum atomic E-state index is -1.08. The topological polar surface area (TPSA) is 57.2 Å². The van der Waals surface area contributed by atoms with E-state index in [1.807, 2.05) is 0 Å². The summed E-state index contributed by atoms with van der Waals surface area (Å²) in [5.41, 5.74) is 0. The van der Waals surface area contributed by atoms with E-state index in [4.69, 9.17) is 0 Å². The molecular weight excluding hydrogens is 127 g/mol. The third-order valence-electron chi connectivity index (χ3n) is 1.58. The quantitative estimate of drug-likeness (QED) is 0.344. The Morgan fingerprint density at radius 2 is 2.20 bits per heavy atom. The summed E-state index contributed by atoms with van der Waals surface area (Å²) in [6.45, 7) is 0. The summed E-state index contributed by atoms with van der Waals surface area (Å²) in [4.78, 5) is 20.6. The van der Waals surface area contributed by atoms with Crippen molar-refractivity contribution >= 4 is 11.8 Å². The summed E-state index contributed by atoms with van der Waals surface area (Å²) in [7, 11) is 0. The van der Waals surface area contributed by atoms with Gasteiger partial charge in [0.05, 0.1) is 0 Å². The maximum Gasteiger partial charge on any atom is 1.00 e. The molecule has 1 fully saturated rings. The molecule has 1 unspecified atom stereocenters. The van der Waals surface area contributed by atoms with Crippen molar-refractivity contribution in [1.82, 2.24) is 0 Å². The van der Waals surface area contributed by atoms with Crippen LogP contribution < -0.4 is 24.0 Å². The first kappa shape index (κ1) is 9.74. The Labute approximate surface area is 71.0 Å². The Hall–Kier alpha value is -0.263. The molecule has 1 saturated carbocycles. The molecule has 0 aromatic heterocycles. The Morgan fingerprint density at radius 3 is 2.40 bits per heavy atom. The van der Waals surface area contributed by atoms with E-state index < -0.39 is 11.9 Å². The second-order valence-corrected chi connectivity index (χ2v) is 2.30. The first-order valence-corrected chi connectivity index (χ1v) is 2.92. The van der Waals surface area contributed by atoms with Gasteiger partial charge in [0.25, 0.3) is 0 Å². The molecule has 4 heteroatoms. The second kappa shape index (κ2) is 3.80. The zero-order chi connectivity index (χ0) is 6.85. The molecule has 10 heavy (non-hydrogen) atoms. The standard InChI is InChI=1S/C6H8O3.Li/c7-5-2-1-4(3-5)6(8)9;/h4H,1-3H2,(H,8,9);/q;+1/p-1.